The monoisotopic (exact) mass is 272 g/mol. The third kappa shape index (κ3) is 4.03. The van der Waals surface area contributed by atoms with E-state index in [1.165, 1.54) is 25.0 Å². The second-order valence-electron chi connectivity index (χ2n) is 4.65. The molecule has 0 unspecified atom stereocenters. The van der Waals surface area contributed by atoms with Crippen LogP contribution in [0, 0.1) is 11.7 Å². The first-order chi connectivity index (χ1) is 8.66. The van der Waals surface area contributed by atoms with Gasteiger partial charge in [-0.3, -0.25) is 0 Å². The molecule has 3 N–H and O–H groups in total. The van der Waals surface area contributed by atoms with E-state index in [-0.39, 0.29) is 5.02 Å². The van der Waals surface area contributed by atoms with Gasteiger partial charge < -0.3 is 15.8 Å². The molecular formula is C13H18ClFN2O. The molecule has 2 rings (SSSR count). The summed E-state index contributed by atoms with van der Waals surface area (Å²) in [6.45, 7) is 2.35. The van der Waals surface area contributed by atoms with Crippen molar-refractivity contribution >= 4 is 23.0 Å². The summed E-state index contributed by atoms with van der Waals surface area (Å²) in [7, 11) is 0. The number of anilines is 2. The molecule has 0 spiro atoms. The van der Waals surface area contributed by atoms with Gasteiger partial charge in [-0.1, -0.05) is 11.6 Å². The second-order valence-corrected chi connectivity index (χ2v) is 5.06. The van der Waals surface area contributed by atoms with Crippen LogP contribution in [0.15, 0.2) is 12.1 Å². The largest absolute Gasteiger partial charge is 0.397 e. The van der Waals surface area contributed by atoms with Crippen molar-refractivity contribution in [2.75, 3.05) is 30.8 Å². The van der Waals surface area contributed by atoms with Gasteiger partial charge in [-0.25, -0.2) is 4.39 Å². The van der Waals surface area contributed by atoms with Crippen molar-refractivity contribution in [2.45, 2.75) is 19.3 Å². The summed E-state index contributed by atoms with van der Waals surface area (Å²) in [5.74, 6) is 0.303. The van der Waals surface area contributed by atoms with E-state index in [2.05, 4.69) is 5.32 Å². The van der Waals surface area contributed by atoms with Crippen molar-refractivity contribution in [1.29, 1.82) is 0 Å². The summed E-state index contributed by atoms with van der Waals surface area (Å²) in [5.41, 5.74) is 6.73. The van der Waals surface area contributed by atoms with Gasteiger partial charge in [-0.05, 0) is 31.2 Å². The van der Waals surface area contributed by atoms with Crippen LogP contribution in [-0.2, 0) is 4.74 Å². The molecule has 0 saturated heterocycles. The minimum atomic E-state index is -0.493. The van der Waals surface area contributed by atoms with Gasteiger partial charge in [0.1, 0.15) is 5.82 Å². The number of hydrogen-bond acceptors (Lipinski definition) is 3. The molecule has 0 atom stereocenters. The van der Waals surface area contributed by atoms with Crippen LogP contribution in [0.25, 0.3) is 0 Å². The minimum absolute atomic E-state index is 0.0803. The molecule has 1 aromatic carbocycles. The quantitative estimate of drug-likeness (QED) is 0.591. The predicted molar refractivity (Wildman–Crippen MR) is 72.5 cm³/mol. The standard InChI is InChI=1S/C13H18ClFN2O/c14-10-6-13(12(16)7-11(10)15)17-4-1-5-18-8-9-2-3-9/h6-7,9,17H,1-5,8,16H2. The van der Waals surface area contributed by atoms with Crippen molar-refractivity contribution in [3.8, 4) is 0 Å². The highest BCUT2D eigenvalue weighted by Crippen LogP contribution is 2.29. The van der Waals surface area contributed by atoms with Crippen molar-refractivity contribution in [2.24, 2.45) is 5.92 Å². The number of ether oxygens (including phenoxy) is 1. The Hall–Kier alpha value is -1.00. The van der Waals surface area contributed by atoms with Crippen LogP contribution in [-0.4, -0.2) is 19.8 Å². The van der Waals surface area contributed by atoms with E-state index >= 15 is 0 Å². The fourth-order valence-corrected chi connectivity index (χ4v) is 1.81. The topological polar surface area (TPSA) is 47.3 Å². The zero-order chi connectivity index (χ0) is 13.0. The van der Waals surface area contributed by atoms with E-state index in [9.17, 15) is 4.39 Å². The Morgan fingerprint density at radius 2 is 2.22 bits per heavy atom. The molecule has 3 nitrogen and oxygen atoms in total. The van der Waals surface area contributed by atoms with Gasteiger partial charge in [0.25, 0.3) is 0 Å². The number of nitrogens with two attached hydrogens (primary N) is 1. The van der Waals surface area contributed by atoms with Gasteiger partial charge >= 0.3 is 0 Å². The number of halogens is 2. The number of rotatable bonds is 7. The van der Waals surface area contributed by atoms with Crippen LogP contribution in [0.1, 0.15) is 19.3 Å². The number of nitrogens with one attached hydrogen (secondary N) is 1. The Balaban J connectivity index is 1.67. The average molecular weight is 273 g/mol. The van der Waals surface area contributed by atoms with Crippen molar-refractivity contribution < 1.29 is 9.13 Å². The Morgan fingerprint density at radius 3 is 2.94 bits per heavy atom. The Kier molecular flexibility index (Phi) is 4.66. The third-order valence-electron chi connectivity index (χ3n) is 2.92. The first-order valence-electron chi connectivity index (χ1n) is 6.23. The molecule has 1 saturated carbocycles. The van der Waals surface area contributed by atoms with E-state index < -0.39 is 5.82 Å². The summed E-state index contributed by atoms with van der Waals surface area (Å²) in [5, 5.41) is 3.21. The minimum Gasteiger partial charge on any atom is -0.397 e. The highest BCUT2D eigenvalue weighted by Gasteiger charge is 2.20. The van der Waals surface area contributed by atoms with E-state index in [1.807, 2.05) is 0 Å². The van der Waals surface area contributed by atoms with E-state index in [1.54, 1.807) is 0 Å². The lowest BCUT2D eigenvalue weighted by atomic mass is 10.2. The van der Waals surface area contributed by atoms with Gasteiger partial charge in [0, 0.05) is 25.8 Å². The molecule has 1 fully saturated rings. The fraction of sp³-hybridized carbons (Fsp3) is 0.538. The Labute approximate surface area is 111 Å². The number of benzene rings is 1. The van der Waals surface area contributed by atoms with Crippen molar-refractivity contribution in [3.05, 3.63) is 23.0 Å². The zero-order valence-corrected chi connectivity index (χ0v) is 11.0. The summed E-state index contributed by atoms with van der Waals surface area (Å²) in [4.78, 5) is 0. The van der Waals surface area contributed by atoms with Gasteiger partial charge in [0.2, 0.25) is 0 Å². The Bertz CT molecular complexity index is 410. The molecule has 1 aromatic rings. The smallest absolute Gasteiger partial charge is 0.143 e. The van der Waals surface area contributed by atoms with E-state index in [0.29, 0.717) is 11.4 Å². The maximum absolute atomic E-state index is 13.1. The van der Waals surface area contributed by atoms with E-state index in [4.69, 9.17) is 22.1 Å². The van der Waals surface area contributed by atoms with Crippen LogP contribution < -0.4 is 11.1 Å². The molecule has 0 aromatic heterocycles. The Morgan fingerprint density at radius 1 is 1.44 bits per heavy atom. The van der Waals surface area contributed by atoms with Crippen LogP contribution >= 0.6 is 11.6 Å². The summed E-state index contributed by atoms with van der Waals surface area (Å²) < 4.78 is 18.6. The van der Waals surface area contributed by atoms with Crippen molar-refractivity contribution in [3.63, 3.8) is 0 Å². The highest BCUT2D eigenvalue weighted by molar-refractivity contribution is 6.31. The molecule has 0 aliphatic heterocycles. The third-order valence-corrected chi connectivity index (χ3v) is 3.21. The molecule has 0 radical (unpaired) electrons. The zero-order valence-electron chi connectivity index (χ0n) is 10.2. The summed E-state index contributed by atoms with van der Waals surface area (Å²) in [6.07, 6.45) is 3.51. The van der Waals surface area contributed by atoms with Crippen LogP contribution in [0.3, 0.4) is 0 Å². The SMILES string of the molecule is Nc1cc(F)c(Cl)cc1NCCCOCC1CC1. The number of nitrogen functional groups attached to an aromatic ring is 1. The molecule has 1 aliphatic carbocycles. The molecule has 1 aliphatic rings. The first kappa shape index (κ1) is 13.4. The second kappa shape index (κ2) is 6.25. The van der Waals surface area contributed by atoms with Crippen LogP contribution in [0.5, 0.6) is 0 Å². The lowest BCUT2D eigenvalue weighted by molar-refractivity contribution is 0.124. The van der Waals surface area contributed by atoms with Gasteiger partial charge in [-0.2, -0.15) is 0 Å². The molecule has 0 amide bonds. The average Bonchev–Trinajstić information content (AvgIpc) is 3.13. The maximum atomic E-state index is 13.1. The molecule has 18 heavy (non-hydrogen) atoms. The van der Waals surface area contributed by atoms with Crippen molar-refractivity contribution in [1.82, 2.24) is 0 Å². The normalized spacial score (nSPS) is 14.8. The first-order valence-corrected chi connectivity index (χ1v) is 6.60. The molecule has 100 valence electrons. The lowest BCUT2D eigenvalue weighted by Crippen LogP contribution is -2.08. The molecule has 0 bridgehead atoms. The fourth-order valence-electron chi connectivity index (χ4n) is 1.65. The molecule has 0 heterocycles. The number of hydrogen-bond donors (Lipinski definition) is 2. The van der Waals surface area contributed by atoms with Gasteiger partial charge in [0.15, 0.2) is 0 Å². The van der Waals surface area contributed by atoms with Gasteiger partial charge in [-0.15, -0.1) is 0 Å². The summed E-state index contributed by atoms with van der Waals surface area (Å²) in [6, 6.07) is 2.74. The molecular weight excluding hydrogens is 255 g/mol. The van der Waals surface area contributed by atoms with Crippen LogP contribution in [0.2, 0.25) is 5.02 Å². The highest BCUT2D eigenvalue weighted by atomic mass is 35.5. The van der Waals surface area contributed by atoms with E-state index in [0.717, 1.165) is 32.1 Å². The van der Waals surface area contributed by atoms with Gasteiger partial charge in [0.05, 0.1) is 16.4 Å². The maximum Gasteiger partial charge on any atom is 0.143 e. The van der Waals surface area contributed by atoms with Crippen LogP contribution in [0.4, 0.5) is 15.8 Å². The lowest BCUT2D eigenvalue weighted by Gasteiger charge is -2.10. The predicted octanol–water partition coefficient (Wildman–Crippen LogP) is 3.29. The summed E-state index contributed by atoms with van der Waals surface area (Å²) >= 11 is 5.69. The molecule has 5 heteroatoms.